The van der Waals surface area contributed by atoms with Crippen LogP contribution in [-0.4, -0.2) is 46.9 Å². The van der Waals surface area contributed by atoms with Gasteiger partial charge in [-0.25, -0.2) is 0 Å². The Bertz CT molecular complexity index is 626. The highest BCUT2D eigenvalue weighted by atomic mass is 16.3. The Morgan fingerprint density at radius 1 is 0.192 bits per heavy atom. The molecule has 0 saturated heterocycles. The summed E-state index contributed by atoms with van der Waals surface area (Å²) in [6.45, 7) is 0.439. The zero-order chi connectivity index (χ0) is 37.5. The number of rotatable bonds is 8. The Hall–Kier alpha value is -0.160. The SMILES string of the molecule is OCCC1(CCO)CCCCCCCCCCCCCCCCCCCCCCCCCCCCCCCCCCCCCCC1(CCO)CCO. The minimum Gasteiger partial charge on any atom is -0.396 e. The van der Waals surface area contributed by atoms with E-state index in [4.69, 9.17) is 0 Å². The normalized spacial score (nSPS) is 23.3. The lowest BCUT2D eigenvalue weighted by atomic mass is 9.53. The van der Waals surface area contributed by atoms with E-state index in [0.29, 0.717) is 25.7 Å². The minimum atomic E-state index is -0.227. The van der Waals surface area contributed by atoms with Crippen molar-refractivity contribution >= 4 is 0 Å². The van der Waals surface area contributed by atoms with Crippen LogP contribution in [0.2, 0.25) is 0 Å². The molecule has 0 amide bonds. The summed E-state index contributed by atoms with van der Waals surface area (Å²) in [5, 5.41) is 41.1. The van der Waals surface area contributed by atoms with Gasteiger partial charge in [0.25, 0.3) is 0 Å². The lowest BCUT2D eigenvalue weighted by molar-refractivity contribution is -0.0601. The Balaban J connectivity index is 2.57. The topological polar surface area (TPSA) is 80.9 Å². The smallest absolute Gasteiger partial charge is 0.0436 e. The Labute approximate surface area is 326 Å². The van der Waals surface area contributed by atoms with E-state index in [9.17, 15) is 20.4 Å². The van der Waals surface area contributed by atoms with Crippen LogP contribution in [0.3, 0.4) is 0 Å². The average Bonchev–Trinajstić information content (AvgIpc) is 3.14. The third-order valence-corrected chi connectivity index (χ3v) is 13.5. The van der Waals surface area contributed by atoms with Gasteiger partial charge in [-0.05, 0) is 49.4 Å². The van der Waals surface area contributed by atoms with Crippen LogP contribution in [0.25, 0.3) is 0 Å². The van der Waals surface area contributed by atoms with Gasteiger partial charge in [0.05, 0.1) is 0 Å². The van der Waals surface area contributed by atoms with Gasteiger partial charge in [-0.2, -0.15) is 0 Å². The highest BCUT2D eigenvalue weighted by Crippen LogP contribution is 2.56. The zero-order valence-corrected chi connectivity index (χ0v) is 35.3. The van der Waals surface area contributed by atoms with Crippen LogP contribution in [0.1, 0.15) is 270 Å². The maximum Gasteiger partial charge on any atom is 0.0436 e. The lowest BCUT2D eigenvalue weighted by Crippen LogP contribution is -2.45. The Morgan fingerprint density at radius 3 is 0.423 bits per heavy atom. The largest absolute Gasteiger partial charge is 0.396 e. The van der Waals surface area contributed by atoms with Crippen LogP contribution in [0.4, 0.5) is 0 Å². The summed E-state index contributed by atoms with van der Waals surface area (Å²) in [5.41, 5.74) is -0.455. The molecule has 4 heteroatoms. The predicted molar refractivity (Wildman–Crippen MR) is 227 cm³/mol. The van der Waals surface area contributed by atoms with Crippen molar-refractivity contribution in [2.45, 2.75) is 270 Å². The molecule has 0 unspecified atom stereocenters. The summed E-state index contributed by atoms with van der Waals surface area (Å²) in [7, 11) is 0. The van der Waals surface area contributed by atoms with Crippen molar-refractivity contribution in [3.05, 3.63) is 0 Å². The number of hydrogen-bond acceptors (Lipinski definition) is 4. The summed E-state index contributed by atoms with van der Waals surface area (Å²) >= 11 is 0. The van der Waals surface area contributed by atoms with Gasteiger partial charge < -0.3 is 20.4 Å². The first-order valence-corrected chi connectivity index (χ1v) is 24.1. The van der Waals surface area contributed by atoms with E-state index in [0.717, 1.165) is 25.7 Å². The maximum absolute atomic E-state index is 10.3. The molecular weight excluding hydrogens is 641 g/mol. The molecule has 1 rings (SSSR count). The van der Waals surface area contributed by atoms with Crippen molar-refractivity contribution in [3.8, 4) is 0 Å². The van der Waals surface area contributed by atoms with Crippen LogP contribution in [-0.2, 0) is 0 Å². The van der Waals surface area contributed by atoms with Gasteiger partial charge in [0, 0.05) is 26.4 Å². The van der Waals surface area contributed by atoms with Gasteiger partial charge in [0.1, 0.15) is 0 Å². The van der Waals surface area contributed by atoms with E-state index >= 15 is 0 Å². The van der Waals surface area contributed by atoms with Crippen LogP contribution in [0, 0.1) is 10.8 Å². The van der Waals surface area contributed by atoms with E-state index in [-0.39, 0.29) is 37.3 Å². The second kappa shape index (κ2) is 37.7. The molecule has 0 heterocycles. The van der Waals surface area contributed by atoms with Gasteiger partial charge in [0.15, 0.2) is 0 Å². The van der Waals surface area contributed by atoms with Crippen LogP contribution in [0.15, 0.2) is 0 Å². The standard InChI is InChI=1S/C48H96O4/c49-43-39-47(40-44-50)37-35-33-31-29-27-25-23-21-19-17-15-13-11-9-7-5-3-1-2-4-6-8-10-12-14-16-18-20-22-24-26-28-30-32-34-36-38-48(47,41-45-51)42-46-52/h49-52H,1-46H2. The first-order valence-electron chi connectivity index (χ1n) is 24.1. The number of hydrogen-bond donors (Lipinski definition) is 4. The first kappa shape index (κ1) is 49.9. The van der Waals surface area contributed by atoms with Crippen molar-refractivity contribution in [2.24, 2.45) is 10.8 Å². The van der Waals surface area contributed by atoms with Gasteiger partial charge in [0.2, 0.25) is 0 Å². The quantitative estimate of drug-likeness (QED) is 0.200. The molecule has 0 bridgehead atoms. The zero-order valence-electron chi connectivity index (χ0n) is 35.3. The van der Waals surface area contributed by atoms with E-state index < -0.39 is 0 Å². The highest BCUT2D eigenvalue weighted by Gasteiger charge is 2.48. The third-order valence-electron chi connectivity index (χ3n) is 13.5. The van der Waals surface area contributed by atoms with Gasteiger partial charge in [-0.15, -0.1) is 0 Å². The van der Waals surface area contributed by atoms with Crippen molar-refractivity contribution < 1.29 is 20.4 Å². The molecule has 0 aromatic carbocycles. The molecule has 0 aromatic rings. The van der Waals surface area contributed by atoms with E-state index in [1.54, 1.807) is 0 Å². The molecule has 0 spiro atoms. The van der Waals surface area contributed by atoms with Gasteiger partial charge >= 0.3 is 0 Å². The van der Waals surface area contributed by atoms with E-state index in [1.807, 2.05) is 0 Å². The monoisotopic (exact) mass is 737 g/mol. The summed E-state index contributed by atoms with van der Waals surface area (Å²) in [6, 6.07) is 0. The van der Waals surface area contributed by atoms with Gasteiger partial charge in [-0.1, -0.05) is 231 Å². The predicted octanol–water partition coefficient (Wildman–Crippen LogP) is 14.3. The molecule has 1 aliphatic rings. The fourth-order valence-corrected chi connectivity index (χ4v) is 10.1. The summed E-state index contributed by atoms with van der Waals surface area (Å²) in [4.78, 5) is 0. The van der Waals surface area contributed by atoms with E-state index in [2.05, 4.69) is 0 Å². The highest BCUT2D eigenvalue weighted by molar-refractivity contribution is 4.98. The van der Waals surface area contributed by atoms with Crippen molar-refractivity contribution in [1.29, 1.82) is 0 Å². The molecule has 1 aliphatic carbocycles. The molecule has 312 valence electrons. The second-order valence-electron chi connectivity index (χ2n) is 17.7. The number of aliphatic hydroxyl groups is 4. The summed E-state index contributed by atoms with van der Waals surface area (Å²) in [5.74, 6) is 0. The molecular formula is C48H96O4. The summed E-state index contributed by atoms with van der Waals surface area (Å²) in [6.07, 6.45) is 54.4. The van der Waals surface area contributed by atoms with Crippen LogP contribution >= 0.6 is 0 Å². The van der Waals surface area contributed by atoms with Crippen molar-refractivity contribution in [3.63, 3.8) is 0 Å². The Morgan fingerprint density at radius 2 is 0.308 bits per heavy atom. The summed E-state index contributed by atoms with van der Waals surface area (Å²) < 4.78 is 0. The molecule has 0 radical (unpaired) electrons. The molecule has 0 atom stereocenters. The second-order valence-corrected chi connectivity index (χ2v) is 17.7. The molecule has 52 heavy (non-hydrogen) atoms. The first-order chi connectivity index (χ1) is 25.7. The Kier molecular flexibility index (Phi) is 36.2. The number of aliphatic hydroxyl groups excluding tert-OH is 4. The van der Waals surface area contributed by atoms with Crippen molar-refractivity contribution in [1.82, 2.24) is 0 Å². The molecule has 1 saturated carbocycles. The van der Waals surface area contributed by atoms with Crippen LogP contribution in [0.5, 0.6) is 0 Å². The molecule has 1 fully saturated rings. The average molecular weight is 737 g/mol. The van der Waals surface area contributed by atoms with Gasteiger partial charge in [-0.3, -0.25) is 0 Å². The third kappa shape index (κ3) is 25.8. The fourth-order valence-electron chi connectivity index (χ4n) is 10.1. The molecule has 4 nitrogen and oxygen atoms in total. The molecule has 4 N–H and O–H groups in total. The molecule has 0 aromatic heterocycles. The fraction of sp³-hybridized carbons (Fsp3) is 1.00. The lowest BCUT2D eigenvalue weighted by Gasteiger charge is -2.52. The van der Waals surface area contributed by atoms with E-state index in [1.165, 1.54) is 218 Å². The maximum atomic E-state index is 10.3. The molecule has 0 aliphatic heterocycles. The van der Waals surface area contributed by atoms with Crippen LogP contribution < -0.4 is 0 Å². The van der Waals surface area contributed by atoms with Crippen molar-refractivity contribution in [2.75, 3.05) is 26.4 Å². The minimum absolute atomic E-state index is 0.110.